The first-order chi connectivity index (χ1) is 21.8. The van der Waals surface area contributed by atoms with E-state index in [9.17, 15) is 4.79 Å². The molecule has 216 valence electrons. The van der Waals surface area contributed by atoms with Crippen molar-refractivity contribution in [3.05, 3.63) is 155 Å². The number of aromatic nitrogens is 1. The summed E-state index contributed by atoms with van der Waals surface area (Å²) >= 11 is 1.67. The van der Waals surface area contributed by atoms with Gasteiger partial charge in [-0.05, 0) is 66.1 Å². The molecule has 0 bridgehead atoms. The van der Waals surface area contributed by atoms with Gasteiger partial charge in [-0.15, -0.1) is 11.3 Å². The number of nitrogens with zero attached hydrogens (tertiary/aromatic N) is 2. The first kappa shape index (κ1) is 27.8. The van der Waals surface area contributed by atoms with Gasteiger partial charge in [-0.25, -0.2) is 4.99 Å². The van der Waals surface area contributed by atoms with E-state index in [0.717, 1.165) is 75.6 Å². The molecule has 2 aromatic heterocycles. The van der Waals surface area contributed by atoms with Crippen molar-refractivity contribution in [2.24, 2.45) is 4.99 Å². The Morgan fingerprint density at radius 3 is 2.09 bits per heavy atom. The normalized spacial score (nSPS) is 12.7. The molecule has 0 spiro atoms. The van der Waals surface area contributed by atoms with Crippen molar-refractivity contribution in [3.63, 3.8) is 0 Å². The molecule has 0 saturated carbocycles. The molecule has 2 heterocycles. The average molecular weight is 592 g/mol. The predicted molar refractivity (Wildman–Crippen MR) is 182 cm³/mol. The first-order valence-electron chi connectivity index (χ1n) is 15.2. The minimum absolute atomic E-state index is 0.0458. The lowest BCUT2D eigenvalue weighted by Crippen LogP contribution is -2.24. The standard InChI is InChI=1S/C39H33N3OS/c43-38(40-26-28-15-5-1-6-16-28)36-33-23-13-14-24-35(33)44-39(36)41-27-31-25-34(29-17-7-2-8-18-29)42(32-21-11-4-12-22-32)37(31)30-19-9-3-10-20-30/h1-12,15-22,25,27H,13-14,23-24,26H2,(H,40,43). The fraction of sp³-hybridized carbons (Fsp3) is 0.128. The Morgan fingerprint density at radius 2 is 1.39 bits per heavy atom. The maximum absolute atomic E-state index is 13.7. The van der Waals surface area contributed by atoms with Gasteiger partial charge in [-0.2, -0.15) is 0 Å². The predicted octanol–water partition coefficient (Wildman–Crippen LogP) is 9.43. The number of rotatable bonds is 8. The number of carbonyl (C=O) groups excluding carboxylic acids is 1. The van der Waals surface area contributed by atoms with E-state index in [1.165, 1.54) is 10.4 Å². The zero-order chi connectivity index (χ0) is 29.7. The molecule has 0 saturated heterocycles. The molecule has 1 N–H and O–H groups in total. The fourth-order valence-corrected chi connectivity index (χ4v) is 7.29. The zero-order valence-corrected chi connectivity index (χ0v) is 25.3. The van der Waals surface area contributed by atoms with Gasteiger partial charge in [0.25, 0.3) is 5.91 Å². The number of carbonyl (C=O) groups is 1. The van der Waals surface area contributed by atoms with Crippen molar-refractivity contribution in [1.29, 1.82) is 0 Å². The van der Waals surface area contributed by atoms with E-state index in [1.54, 1.807) is 11.3 Å². The largest absolute Gasteiger partial charge is 0.348 e. The highest BCUT2D eigenvalue weighted by molar-refractivity contribution is 7.16. The second-order valence-corrected chi connectivity index (χ2v) is 12.1. The molecule has 5 heteroatoms. The minimum Gasteiger partial charge on any atom is -0.348 e. The second-order valence-electron chi connectivity index (χ2n) is 11.1. The third-order valence-electron chi connectivity index (χ3n) is 8.16. The Hall–Kier alpha value is -5.00. The minimum atomic E-state index is -0.0458. The van der Waals surface area contributed by atoms with Crippen LogP contribution >= 0.6 is 11.3 Å². The van der Waals surface area contributed by atoms with Gasteiger partial charge in [0.1, 0.15) is 5.00 Å². The molecule has 0 fully saturated rings. The van der Waals surface area contributed by atoms with Gasteiger partial charge in [0, 0.05) is 28.9 Å². The zero-order valence-electron chi connectivity index (χ0n) is 24.4. The molecular weight excluding hydrogens is 559 g/mol. The van der Waals surface area contributed by atoms with Gasteiger partial charge in [-0.3, -0.25) is 4.79 Å². The van der Waals surface area contributed by atoms with Crippen LogP contribution in [-0.4, -0.2) is 16.7 Å². The van der Waals surface area contributed by atoms with Gasteiger partial charge in [0.2, 0.25) is 0 Å². The van der Waals surface area contributed by atoms with Crippen LogP contribution in [0.25, 0.3) is 28.2 Å². The van der Waals surface area contributed by atoms with Crippen LogP contribution in [0.3, 0.4) is 0 Å². The molecule has 1 amide bonds. The SMILES string of the molecule is O=C(NCc1ccccc1)c1c(N=Cc2cc(-c3ccccc3)n(-c3ccccc3)c2-c2ccccc2)sc2c1CCCC2. The quantitative estimate of drug-likeness (QED) is 0.176. The summed E-state index contributed by atoms with van der Waals surface area (Å²) in [7, 11) is 0. The number of benzene rings is 4. The molecule has 44 heavy (non-hydrogen) atoms. The number of thiophene rings is 1. The highest BCUT2D eigenvalue weighted by Crippen LogP contribution is 2.41. The molecular formula is C39H33N3OS. The number of amides is 1. The summed E-state index contributed by atoms with van der Waals surface area (Å²) in [5.41, 5.74) is 9.46. The molecule has 6 aromatic rings. The molecule has 0 unspecified atom stereocenters. The maximum atomic E-state index is 13.7. The highest BCUT2D eigenvalue weighted by atomic mass is 32.1. The van der Waals surface area contributed by atoms with E-state index in [2.05, 4.69) is 88.7 Å². The molecule has 1 aliphatic rings. The van der Waals surface area contributed by atoms with E-state index in [1.807, 2.05) is 54.7 Å². The molecule has 7 rings (SSSR count). The lowest BCUT2D eigenvalue weighted by molar-refractivity contribution is 0.0951. The Balaban J connectivity index is 1.35. The number of fused-ring (bicyclic) bond motifs is 1. The van der Waals surface area contributed by atoms with Gasteiger partial charge >= 0.3 is 0 Å². The molecule has 1 aliphatic carbocycles. The number of nitrogens with one attached hydrogen (secondary N) is 1. The van der Waals surface area contributed by atoms with Crippen molar-refractivity contribution in [2.45, 2.75) is 32.2 Å². The molecule has 4 aromatic carbocycles. The molecule has 0 radical (unpaired) electrons. The van der Waals surface area contributed by atoms with Gasteiger partial charge in [-0.1, -0.05) is 109 Å². The van der Waals surface area contributed by atoms with Crippen LogP contribution in [0, 0.1) is 0 Å². The third-order valence-corrected chi connectivity index (χ3v) is 9.36. The number of para-hydroxylation sites is 1. The first-order valence-corrected chi connectivity index (χ1v) is 16.0. The Bertz CT molecular complexity index is 1910. The van der Waals surface area contributed by atoms with E-state index in [-0.39, 0.29) is 5.91 Å². The fourth-order valence-electron chi connectivity index (χ4n) is 6.06. The van der Waals surface area contributed by atoms with Crippen molar-refractivity contribution < 1.29 is 4.79 Å². The topological polar surface area (TPSA) is 46.4 Å². The summed E-state index contributed by atoms with van der Waals surface area (Å²) in [6.07, 6.45) is 6.14. The average Bonchev–Trinajstić information content (AvgIpc) is 3.67. The maximum Gasteiger partial charge on any atom is 0.254 e. The number of aryl methyl sites for hydroxylation is 1. The van der Waals surface area contributed by atoms with Crippen molar-refractivity contribution in [2.75, 3.05) is 0 Å². The van der Waals surface area contributed by atoms with Crippen molar-refractivity contribution >= 4 is 28.5 Å². The summed E-state index contributed by atoms with van der Waals surface area (Å²) in [5, 5.41) is 3.96. The van der Waals surface area contributed by atoms with E-state index >= 15 is 0 Å². The number of hydrogen-bond donors (Lipinski definition) is 1. The van der Waals surface area contributed by atoms with Crippen LogP contribution in [0.2, 0.25) is 0 Å². The molecule has 4 nitrogen and oxygen atoms in total. The Morgan fingerprint density at radius 1 is 0.773 bits per heavy atom. The van der Waals surface area contributed by atoms with Crippen LogP contribution in [0.5, 0.6) is 0 Å². The van der Waals surface area contributed by atoms with Crippen molar-refractivity contribution in [1.82, 2.24) is 9.88 Å². The second kappa shape index (κ2) is 12.7. The number of aliphatic imine (C=N–C) groups is 1. The highest BCUT2D eigenvalue weighted by Gasteiger charge is 2.25. The monoisotopic (exact) mass is 591 g/mol. The summed E-state index contributed by atoms with van der Waals surface area (Å²) < 4.78 is 2.32. The van der Waals surface area contributed by atoms with Crippen LogP contribution in [0.4, 0.5) is 5.00 Å². The van der Waals surface area contributed by atoms with Crippen molar-refractivity contribution in [3.8, 4) is 28.2 Å². The summed E-state index contributed by atoms with van der Waals surface area (Å²) in [4.78, 5) is 20.1. The lowest BCUT2D eigenvalue weighted by Gasteiger charge is -2.15. The third kappa shape index (κ3) is 5.67. The molecule has 0 aliphatic heterocycles. The number of hydrogen-bond acceptors (Lipinski definition) is 3. The Labute approximate surface area is 262 Å². The Kier molecular flexibility index (Phi) is 8.03. The van der Waals surface area contributed by atoms with Crippen LogP contribution in [-0.2, 0) is 19.4 Å². The summed E-state index contributed by atoms with van der Waals surface area (Å²) in [6.45, 7) is 0.492. The van der Waals surface area contributed by atoms with Crippen LogP contribution in [0.15, 0.2) is 132 Å². The van der Waals surface area contributed by atoms with E-state index in [0.29, 0.717) is 6.54 Å². The van der Waals surface area contributed by atoms with Crippen LogP contribution < -0.4 is 5.32 Å². The molecule has 0 atom stereocenters. The van der Waals surface area contributed by atoms with E-state index < -0.39 is 0 Å². The smallest absolute Gasteiger partial charge is 0.254 e. The summed E-state index contributed by atoms with van der Waals surface area (Å²) in [6, 6.07) is 43.7. The summed E-state index contributed by atoms with van der Waals surface area (Å²) in [5.74, 6) is -0.0458. The van der Waals surface area contributed by atoms with Gasteiger partial charge < -0.3 is 9.88 Å². The van der Waals surface area contributed by atoms with Gasteiger partial charge in [0.05, 0.1) is 17.0 Å². The lowest BCUT2D eigenvalue weighted by atomic mass is 9.95. The van der Waals surface area contributed by atoms with Crippen LogP contribution in [0.1, 0.15) is 44.8 Å². The van der Waals surface area contributed by atoms with E-state index in [4.69, 9.17) is 4.99 Å². The van der Waals surface area contributed by atoms with Gasteiger partial charge in [0.15, 0.2) is 0 Å².